The van der Waals surface area contributed by atoms with E-state index in [1.165, 1.54) is 11.8 Å². The van der Waals surface area contributed by atoms with Crippen LogP contribution in [0.2, 0.25) is 0 Å². The summed E-state index contributed by atoms with van der Waals surface area (Å²) < 4.78 is 11.0. The number of carbonyl (C=O) groups excluding carboxylic acids is 1. The molecule has 0 fully saturated rings. The van der Waals surface area contributed by atoms with Gasteiger partial charge in [0.1, 0.15) is 0 Å². The Morgan fingerprint density at radius 1 is 1.06 bits per heavy atom. The molecule has 4 aromatic rings. The monoisotopic (exact) mass is 449 g/mol. The minimum Gasteiger partial charge on any atom is -0.411 e. The number of anilines is 1. The maximum atomic E-state index is 12.3. The quantitative estimate of drug-likeness (QED) is 0.378. The summed E-state index contributed by atoms with van der Waals surface area (Å²) in [6.45, 7) is 5.95. The molecule has 4 rings (SSSR count). The fourth-order valence-electron chi connectivity index (χ4n) is 3.07. The van der Waals surface area contributed by atoms with Gasteiger partial charge in [-0.1, -0.05) is 47.3 Å². The first kappa shape index (κ1) is 21.8. The third kappa shape index (κ3) is 5.42. The summed E-state index contributed by atoms with van der Waals surface area (Å²) in [5.41, 5.74) is 4.91. The molecule has 8 nitrogen and oxygen atoms in total. The van der Waals surface area contributed by atoms with Gasteiger partial charge in [0.2, 0.25) is 17.7 Å². The first-order chi connectivity index (χ1) is 15.5. The Labute approximate surface area is 189 Å². The first-order valence-corrected chi connectivity index (χ1v) is 11.2. The third-order valence-corrected chi connectivity index (χ3v) is 5.66. The van der Waals surface area contributed by atoms with Crippen LogP contribution in [0.3, 0.4) is 0 Å². The third-order valence-electron chi connectivity index (χ3n) is 4.85. The van der Waals surface area contributed by atoms with E-state index in [1.807, 2.05) is 63.2 Å². The Bertz CT molecular complexity index is 1230. The van der Waals surface area contributed by atoms with Crippen molar-refractivity contribution in [2.45, 2.75) is 44.6 Å². The highest BCUT2D eigenvalue weighted by molar-refractivity contribution is 7.98. The molecule has 0 saturated carbocycles. The molecule has 2 aromatic heterocycles. The average molecular weight is 450 g/mol. The zero-order valence-corrected chi connectivity index (χ0v) is 18.9. The van der Waals surface area contributed by atoms with Gasteiger partial charge in [0.05, 0.1) is 5.75 Å². The van der Waals surface area contributed by atoms with E-state index in [4.69, 9.17) is 8.94 Å². The van der Waals surface area contributed by atoms with Crippen LogP contribution in [0.4, 0.5) is 5.69 Å². The molecule has 2 aromatic carbocycles. The van der Waals surface area contributed by atoms with Crippen LogP contribution >= 0.6 is 11.8 Å². The van der Waals surface area contributed by atoms with Crippen molar-refractivity contribution in [1.82, 2.24) is 20.3 Å². The van der Waals surface area contributed by atoms with E-state index in [2.05, 4.69) is 25.7 Å². The molecule has 0 aliphatic rings. The van der Waals surface area contributed by atoms with Crippen molar-refractivity contribution in [3.63, 3.8) is 0 Å². The number of aromatic nitrogens is 4. The maximum Gasteiger partial charge on any atom is 0.277 e. The summed E-state index contributed by atoms with van der Waals surface area (Å²) in [4.78, 5) is 16.6. The second-order valence-electron chi connectivity index (χ2n) is 7.45. The van der Waals surface area contributed by atoms with Crippen molar-refractivity contribution in [2.75, 3.05) is 5.32 Å². The summed E-state index contributed by atoms with van der Waals surface area (Å²) >= 11 is 1.33. The smallest absolute Gasteiger partial charge is 0.277 e. The van der Waals surface area contributed by atoms with Crippen LogP contribution in [0.5, 0.6) is 0 Å². The zero-order valence-electron chi connectivity index (χ0n) is 18.1. The van der Waals surface area contributed by atoms with Crippen molar-refractivity contribution < 1.29 is 13.7 Å². The van der Waals surface area contributed by atoms with Gasteiger partial charge in [-0.15, -0.1) is 10.2 Å². The highest BCUT2D eigenvalue weighted by Gasteiger charge is 2.14. The number of aryl methyl sites for hydroxylation is 4. The Balaban J connectivity index is 1.28. The lowest BCUT2D eigenvalue weighted by Crippen LogP contribution is -2.13. The average Bonchev–Trinajstić information content (AvgIpc) is 3.43. The van der Waals surface area contributed by atoms with E-state index >= 15 is 0 Å². The van der Waals surface area contributed by atoms with E-state index in [9.17, 15) is 4.79 Å². The van der Waals surface area contributed by atoms with Gasteiger partial charge in [0.15, 0.2) is 5.82 Å². The Morgan fingerprint density at radius 2 is 1.91 bits per heavy atom. The molecule has 9 heteroatoms. The minimum atomic E-state index is -0.0950. The van der Waals surface area contributed by atoms with Crippen LogP contribution in [-0.4, -0.2) is 26.2 Å². The molecule has 0 unspecified atom stereocenters. The number of nitrogens with zero attached hydrogens (tertiary/aromatic N) is 4. The maximum absolute atomic E-state index is 12.3. The minimum absolute atomic E-state index is 0.0950. The Hall–Kier alpha value is -3.46. The number of thioether (sulfide) groups is 1. The van der Waals surface area contributed by atoms with Crippen molar-refractivity contribution >= 4 is 23.4 Å². The highest BCUT2D eigenvalue weighted by Crippen LogP contribution is 2.27. The molecular weight excluding hydrogens is 426 g/mol. The normalized spacial score (nSPS) is 11.0. The number of benzene rings is 2. The van der Waals surface area contributed by atoms with Gasteiger partial charge in [0, 0.05) is 24.1 Å². The van der Waals surface area contributed by atoms with Gasteiger partial charge in [-0.05, 0) is 49.6 Å². The zero-order chi connectivity index (χ0) is 22.5. The predicted molar refractivity (Wildman–Crippen MR) is 121 cm³/mol. The topological polar surface area (TPSA) is 107 Å². The van der Waals surface area contributed by atoms with Crippen LogP contribution in [-0.2, 0) is 17.0 Å². The lowest BCUT2D eigenvalue weighted by molar-refractivity contribution is -0.116. The largest absolute Gasteiger partial charge is 0.411 e. The number of amides is 1. The van der Waals surface area contributed by atoms with Gasteiger partial charge in [0.25, 0.3) is 5.22 Å². The Kier molecular flexibility index (Phi) is 6.65. The van der Waals surface area contributed by atoms with Gasteiger partial charge in [-0.3, -0.25) is 4.79 Å². The van der Waals surface area contributed by atoms with E-state index < -0.39 is 0 Å². The molecule has 2 heterocycles. The summed E-state index contributed by atoms with van der Waals surface area (Å²) in [5.74, 6) is 1.74. The molecule has 0 saturated heterocycles. The molecule has 0 aliphatic carbocycles. The molecule has 0 radical (unpaired) electrons. The lowest BCUT2D eigenvalue weighted by Gasteiger charge is -2.08. The first-order valence-electron chi connectivity index (χ1n) is 10.2. The van der Waals surface area contributed by atoms with Gasteiger partial charge >= 0.3 is 0 Å². The van der Waals surface area contributed by atoms with E-state index in [1.54, 1.807) is 0 Å². The van der Waals surface area contributed by atoms with Crippen molar-refractivity contribution in [1.29, 1.82) is 0 Å². The molecular formula is C23H23N5O3S. The second-order valence-corrected chi connectivity index (χ2v) is 8.37. The van der Waals surface area contributed by atoms with Crippen LogP contribution < -0.4 is 5.32 Å². The van der Waals surface area contributed by atoms with Crippen LogP contribution in [0, 0.1) is 20.8 Å². The van der Waals surface area contributed by atoms with Crippen LogP contribution in [0.1, 0.15) is 34.8 Å². The SMILES string of the molecule is Cc1ccc(C)c(NC(=O)CCc2nc(CSc3nnc(-c4ccccc4C)o3)no2)c1. The number of rotatable bonds is 8. The van der Waals surface area contributed by atoms with Gasteiger partial charge in [-0.25, -0.2) is 0 Å². The number of hydrogen-bond acceptors (Lipinski definition) is 8. The van der Waals surface area contributed by atoms with Gasteiger partial charge < -0.3 is 14.3 Å². The summed E-state index contributed by atoms with van der Waals surface area (Å²) in [5, 5.41) is 15.5. The molecule has 1 amide bonds. The fraction of sp³-hybridized carbons (Fsp3) is 0.261. The van der Waals surface area contributed by atoms with Gasteiger partial charge in [-0.2, -0.15) is 4.98 Å². The Morgan fingerprint density at radius 3 is 2.75 bits per heavy atom. The highest BCUT2D eigenvalue weighted by atomic mass is 32.2. The summed E-state index contributed by atoms with van der Waals surface area (Å²) in [6, 6.07) is 13.8. The number of carbonyl (C=O) groups is 1. The van der Waals surface area contributed by atoms with Crippen LogP contribution in [0.25, 0.3) is 11.5 Å². The van der Waals surface area contributed by atoms with Crippen molar-refractivity contribution in [3.05, 3.63) is 70.9 Å². The molecule has 0 aliphatic heterocycles. The van der Waals surface area contributed by atoms with Crippen molar-refractivity contribution in [2.24, 2.45) is 0 Å². The molecule has 0 spiro atoms. The molecule has 164 valence electrons. The van der Waals surface area contributed by atoms with Crippen LogP contribution in [0.15, 0.2) is 56.6 Å². The second kappa shape index (κ2) is 9.78. The fourth-order valence-corrected chi connectivity index (χ4v) is 3.68. The lowest BCUT2D eigenvalue weighted by atomic mass is 10.1. The predicted octanol–water partition coefficient (Wildman–Crippen LogP) is 4.91. The van der Waals surface area contributed by atoms with E-state index in [-0.39, 0.29) is 12.3 Å². The molecule has 0 atom stereocenters. The molecule has 32 heavy (non-hydrogen) atoms. The summed E-state index contributed by atoms with van der Waals surface area (Å²) in [6.07, 6.45) is 0.623. The standard InChI is InChI=1S/C23H23N5O3S/c1-14-8-9-16(3)18(12-14)24-20(29)10-11-21-25-19(28-31-21)13-32-23-27-26-22(30-23)17-7-5-4-6-15(17)2/h4-9,12H,10-11,13H2,1-3H3,(H,24,29). The molecule has 0 bridgehead atoms. The number of hydrogen-bond donors (Lipinski definition) is 1. The number of nitrogens with one attached hydrogen (secondary N) is 1. The van der Waals surface area contributed by atoms with Crippen molar-refractivity contribution in [3.8, 4) is 11.5 Å². The molecule has 1 N–H and O–H groups in total. The van der Waals surface area contributed by atoms with E-state index in [0.717, 1.165) is 27.9 Å². The summed E-state index contributed by atoms with van der Waals surface area (Å²) in [7, 11) is 0. The van der Waals surface area contributed by atoms with E-state index in [0.29, 0.717) is 35.0 Å².